The summed E-state index contributed by atoms with van der Waals surface area (Å²) in [5.41, 5.74) is 12.4. The molecule has 0 amide bonds. The van der Waals surface area contributed by atoms with Crippen LogP contribution in [0.25, 0.3) is 17.2 Å². The van der Waals surface area contributed by atoms with Crippen LogP contribution in [0.4, 0.5) is 23.1 Å². The predicted octanol–water partition coefficient (Wildman–Crippen LogP) is 5.06. The Hall–Kier alpha value is -4.11. The van der Waals surface area contributed by atoms with Gasteiger partial charge in [0.15, 0.2) is 0 Å². The van der Waals surface area contributed by atoms with Crippen LogP contribution in [0.3, 0.4) is 0 Å². The summed E-state index contributed by atoms with van der Waals surface area (Å²) in [5.74, 6) is 0.363. The van der Waals surface area contributed by atoms with E-state index in [1.54, 1.807) is 16.8 Å². The number of allylic oxidation sites excluding steroid dienone is 1. The molecule has 1 aliphatic carbocycles. The molecule has 1 fully saturated rings. The number of aryl methyl sites for hydroxylation is 1. The first-order valence-electron chi connectivity index (χ1n) is 10.3. The van der Waals surface area contributed by atoms with Crippen LogP contribution < -0.4 is 16.4 Å². The third-order valence-electron chi connectivity index (χ3n) is 5.25. The SMILES string of the molecule is Cn1cc(C(Nc2cccc(-c3nnc(Nc4ccc(N)c(C=N)c4Cl)o3)c2)=C2CC2)cn1. The lowest BCUT2D eigenvalue weighted by Crippen LogP contribution is -1.98. The average Bonchev–Trinajstić information content (AvgIpc) is 3.39. The van der Waals surface area contributed by atoms with E-state index in [0.717, 1.165) is 41.6 Å². The third-order valence-corrected chi connectivity index (χ3v) is 5.66. The van der Waals surface area contributed by atoms with E-state index in [-0.39, 0.29) is 6.01 Å². The molecule has 5 N–H and O–H groups in total. The van der Waals surface area contributed by atoms with Crippen LogP contribution in [0.15, 0.2) is 58.8 Å². The van der Waals surface area contributed by atoms with Crippen LogP contribution in [0.5, 0.6) is 0 Å². The topological polar surface area (TPSA) is 131 Å². The first-order valence-corrected chi connectivity index (χ1v) is 10.7. The van der Waals surface area contributed by atoms with E-state index in [0.29, 0.717) is 27.9 Å². The van der Waals surface area contributed by atoms with Crippen LogP contribution in [-0.4, -0.2) is 26.2 Å². The average molecular weight is 461 g/mol. The summed E-state index contributed by atoms with van der Waals surface area (Å²) in [5, 5.41) is 26.8. The first kappa shape index (κ1) is 20.8. The molecule has 2 aromatic carbocycles. The molecule has 166 valence electrons. The van der Waals surface area contributed by atoms with E-state index in [9.17, 15) is 0 Å². The molecule has 0 atom stereocenters. The van der Waals surface area contributed by atoms with E-state index < -0.39 is 0 Å². The summed E-state index contributed by atoms with van der Waals surface area (Å²) in [6.45, 7) is 0. The number of nitrogens with two attached hydrogens (primary N) is 1. The molecule has 0 bridgehead atoms. The zero-order valence-electron chi connectivity index (χ0n) is 17.8. The molecule has 2 aromatic heterocycles. The predicted molar refractivity (Wildman–Crippen MR) is 130 cm³/mol. The van der Waals surface area contributed by atoms with Crippen molar-refractivity contribution < 1.29 is 4.42 Å². The highest BCUT2D eigenvalue weighted by Gasteiger charge is 2.20. The minimum absolute atomic E-state index is 0.183. The number of nitrogens with one attached hydrogen (secondary N) is 3. The molecule has 10 heteroatoms. The van der Waals surface area contributed by atoms with Gasteiger partial charge in [0.05, 0.1) is 16.9 Å². The molecule has 9 nitrogen and oxygen atoms in total. The third kappa shape index (κ3) is 4.31. The fourth-order valence-electron chi connectivity index (χ4n) is 3.46. The van der Waals surface area contributed by atoms with Crippen molar-refractivity contribution in [3.63, 3.8) is 0 Å². The molecular weight excluding hydrogens is 440 g/mol. The Labute approximate surface area is 194 Å². The van der Waals surface area contributed by atoms with E-state index in [2.05, 4.69) is 25.9 Å². The van der Waals surface area contributed by atoms with Crippen molar-refractivity contribution in [3.8, 4) is 11.5 Å². The molecule has 0 spiro atoms. The second-order valence-electron chi connectivity index (χ2n) is 7.70. The highest BCUT2D eigenvalue weighted by atomic mass is 35.5. The molecule has 0 aliphatic heterocycles. The van der Waals surface area contributed by atoms with Crippen LogP contribution in [0.2, 0.25) is 5.02 Å². The lowest BCUT2D eigenvalue weighted by Gasteiger charge is -2.10. The number of rotatable bonds is 7. The lowest BCUT2D eigenvalue weighted by atomic mass is 10.1. The second-order valence-corrected chi connectivity index (χ2v) is 8.08. The lowest BCUT2D eigenvalue weighted by molar-refractivity contribution is 0.587. The zero-order chi connectivity index (χ0) is 22.9. The molecular formula is C23H21ClN8O. The van der Waals surface area contributed by atoms with Gasteiger partial charge in [-0.2, -0.15) is 5.10 Å². The zero-order valence-corrected chi connectivity index (χ0v) is 18.5. The normalized spacial score (nSPS) is 12.5. The summed E-state index contributed by atoms with van der Waals surface area (Å²) < 4.78 is 7.60. The van der Waals surface area contributed by atoms with Gasteiger partial charge in [-0.15, -0.1) is 5.10 Å². The molecule has 1 saturated carbocycles. The van der Waals surface area contributed by atoms with Crippen LogP contribution in [0, 0.1) is 5.41 Å². The van der Waals surface area contributed by atoms with Crippen LogP contribution in [0.1, 0.15) is 24.0 Å². The first-order chi connectivity index (χ1) is 16.0. The number of hydrogen-bond donors (Lipinski definition) is 4. The summed E-state index contributed by atoms with van der Waals surface area (Å²) in [6, 6.07) is 11.3. The van der Waals surface area contributed by atoms with Gasteiger partial charge in [0.1, 0.15) is 0 Å². The number of hydrogen-bond acceptors (Lipinski definition) is 8. The summed E-state index contributed by atoms with van der Waals surface area (Å²) in [6.07, 6.45) is 7.14. The van der Waals surface area contributed by atoms with Gasteiger partial charge in [-0.1, -0.05) is 22.8 Å². The maximum absolute atomic E-state index is 7.49. The van der Waals surface area contributed by atoms with Gasteiger partial charge in [-0.05, 0) is 48.7 Å². The largest absolute Gasteiger partial charge is 0.403 e. The minimum atomic E-state index is 0.183. The number of nitrogens with zero attached hydrogens (tertiary/aromatic N) is 4. The van der Waals surface area contributed by atoms with Crippen molar-refractivity contribution in [1.82, 2.24) is 20.0 Å². The Morgan fingerprint density at radius 3 is 2.82 bits per heavy atom. The smallest absolute Gasteiger partial charge is 0.320 e. The van der Waals surface area contributed by atoms with Crippen molar-refractivity contribution >= 4 is 46.6 Å². The van der Waals surface area contributed by atoms with Gasteiger partial charge < -0.3 is 26.2 Å². The summed E-state index contributed by atoms with van der Waals surface area (Å²) >= 11 is 6.34. The van der Waals surface area contributed by atoms with Crippen molar-refractivity contribution in [2.45, 2.75) is 12.8 Å². The van der Waals surface area contributed by atoms with Crippen molar-refractivity contribution in [2.24, 2.45) is 7.05 Å². The monoisotopic (exact) mass is 460 g/mol. The minimum Gasteiger partial charge on any atom is -0.403 e. The molecule has 2 heterocycles. The van der Waals surface area contributed by atoms with E-state index in [1.165, 1.54) is 5.57 Å². The molecule has 33 heavy (non-hydrogen) atoms. The number of nitrogen functional groups attached to an aromatic ring is 1. The Balaban J connectivity index is 1.37. The van der Waals surface area contributed by atoms with Crippen LogP contribution in [-0.2, 0) is 7.05 Å². The fourth-order valence-corrected chi connectivity index (χ4v) is 3.73. The van der Waals surface area contributed by atoms with Crippen molar-refractivity contribution in [1.29, 1.82) is 5.41 Å². The number of aromatic nitrogens is 4. The molecule has 1 aliphatic rings. The van der Waals surface area contributed by atoms with E-state index >= 15 is 0 Å². The number of anilines is 4. The maximum atomic E-state index is 7.49. The van der Waals surface area contributed by atoms with Gasteiger partial charge in [-0.3, -0.25) is 4.68 Å². The Kier molecular flexibility index (Phi) is 5.31. The standard InChI is InChI=1S/C23H21ClN8O/c1-32-12-15(11-27-32)21(13-5-6-13)28-16-4-2-3-14(9-16)22-30-31-23(33-22)29-19-8-7-18(26)17(10-25)20(19)24/h2-4,7-12,25,28H,5-6,26H2,1H3,(H,29,31). The van der Waals surface area contributed by atoms with Gasteiger partial charge in [0, 0.05) is 53.2 Å². The summed E-state index contributed by atoms with van der Waals surface area (Å²) in [7, 11) is 1.91. The summed E-state index contributed by atoms with van der Waals surface area (Å²) in [4.78, 5) is 0. The highest BCUT2D eigenvalue weighted by Crippen LogP contribution is 2.37. The highest BCUT2D eigenvalue weighted by molar-refractivity contribution is 6.36. The van der Waals surface area contributed by atoms with Crippen LogP contribution >= 0.6 is 11.6 Å². The van der Waals surface area contributed by atoms with Crippen molar-refractivity contribution in [2.75, 3.05) is 16.4 Å². The Morgan fingerprint density at radius 1 is 1.24 bits per heavy atom. The molecule has 0 unspecified atom stereocenters. The molecule has 0 saturated heterocycles. The van der Waals surface area contributed by atoms with Crippen molar-refractivity contribution in [3.05, 3.63) is 70.5 Å². The van der Waals surface area contributed by atoms with Gasteiger partial charge >= 0.3 is 6.01 Å². The Morgan fingerprint density at radius 2 is 2.09 bits per heavy atom. The van der Waals surface area contributed by atoms with Gasteiger partial charge in [0.25, 0.3) is 0 Å². The van der Waals surface area contributed by atoms with E-state index in [4.69, 9.17) is 27.2 Å². The van der Waals surface area contributed by atoms with Gasteiger partial charge in [0.2, 0.25) is 5.89 Å². The quantitative estimate of drug-likeness (QED) is 0.224. The maximum Gasteiger partial charge on any atom is 0.320 e. The molecule has 0 radical (unpaired) electrons. The Bertz CT molecular complexity index is 1380. The fraction of sp³-hybridized carbons (Fsp3) is 0.130. The second kappa shape index (κ2) is 8.44. The van der Waals surface area contributed by atoms with Gasteiger partial charge in [-0.25, -0.2) is 0 Å². The number of benzene rings is 2. The number of halogens is 1. The molecule has 4 aromatic rings. The van der Waals surface area contributed by atoms with E-state index in [1.807, 2.05) is 43.7 Å². The molecule has 5 rings (SSSR count).